The molecule has 15 heavy (non-hydrogen) atoms. The number of pyridine rings is 1. The Labute approximate surface area is 91.0 Å². The molecule has 0 aliphatic carbocycles. The average molecular weight is 224 g/mol. The van der Waals surface area contributed by atoms with Gasteiger partial charge in [0.1, 0.15) is 17.3 Å². The van der Waals surface area contributed by atoms with E-state index in [1.165, 1.54) is 30.5 Å². The van der Waals surface area contributed by atoms with Crippen LogP contribution >= 0.6 is 11.6 Å². The van der Waals surface area contributed by atoms with Gasteiger partial charge in [0.15, 0.2) is 0 Å². The molecule has 2 aromatic rings. The minimum absolute atomic E-state index is 0.0231. The molecule has 1 aromatic heterocycles. The summed E-state index contributed by atoms with van der Waals surface area (Å²) in [5, 5.41) is 9.89. The van der Waals surface area contributed by atoms with Crippen molar-refractivity contribution in [1.29, 1.82) is 0 Å². The van der Waals surface area contributed by atoms with Gasteiger partial charge in [-0.15, -0.1) is 0 Å². The average Bonchev–Trinajstić information content (AvgIpc) is 2.23. The van der Waals surface area contributed by atoms with Crippen molar-refractivity contribution in [1.82, 2.24) is 4.98 Å². The highest BCUT2D eigenvalue weighted by atomic mass is 35.5. The van der Waals surface area contributed by atoms with Gasteiger partial charge in [-0.2, -0.15) is 0 Å². The van der Waals surface area contributed by atoms with Gasteiger partial charge in [0.2, 0.25) is 0 Å². The van der Waals surface area contributed by atoms with E-state index in [1.807, 2.05) is 0 Å². The first kappa shape index (κ1) is 9.93. The predicted octanol–water partition coefficient (Wildman–Crippen LogP) is 3.25. The molecule has 0 aliphatic heterocycles. The molecule has 0 fully saturated rings. The molecule has 0 spiro atoms. The Balaban J connectivity index is 2.64. The molecule has 0 radical (unpaired) electrons. The lowest BCUT2D eigenvalue weighted by atomic mass is 10.1. The molecule has 2 nitrogen and oxygen atoms in total. The third kappa shape index (κ3) is 1.92. The van der Waals surface area contributed by atoms with E-state index in [2.05, 4.69) is 4.98 Å². The van der Waals surface area contributed by atoms with Gasteiger partial charge in [-0.25, -0.2) is 4.39 Å². The van der Waals surface area contributed by atoms with E-state index in [1.54, 1.807) is 6.07 Å². The zero-order valence-electron chi connectivity index (χ0n) is 7.61. The molecule has 0 saturated heterocycles. The number of aromatic hydroxyl groups is 1. The summed E-state index contributed by atoms with van der Waals surface area (Å²) < 4.78 is 13.0. The van der Waals surface area contributed by atoms with Crippen LogP contribution in [0.15, 0.2) is 36.5 Å². The van der Waals surface area contributed by atoms with Gasteiger partial charge in [0.25, 0.3) is 0 Å². The predicted molar refractivity (Wildman–Crippen MR) is 56.3 cm³/mol. The monoisotopic (exact) mass is 223 g/mol. The smallest absolute Gasteiger partial charge is 0.141 e. The fourth-order valence-corrected chi connectivity index (χ4v) is 1.49. The maximum Gasteiger partial charge on any atom is 0.141 e. The molecule has 0 aliphatic rings. The van der Waals surface area contributed by atoms with Crippen LogP contribution in [0.5, 0.6) is 5.75 Å². The van der Waals surface area contributed by atoms with E-state index in [0.29, 0.717) is 10.6 Å². The Morgan fingerprint density at radius 2 is 2.07 bits per heavy atom. The SMILES string of the molecule is Oc1cccnc1-c1cc(F)ccc1Cl. The Kier molecular flexibility index (Phi) is 2.56. The number of aromatic nitrogens is 1. The molecular weight excluding hydrogens is 217 g/mol. The van der Waals surface area contributed by atoms with Crippen molar-refractivity contribution in [3.8, 4) is 17.0 Å². The van der Waals surface area contributed by atoms with Crippen LogP contribution in [-0.4, -0.2) is 10.1 Å². The molecule has 0 unspecified atom stereocenters. The Morgan fingerprint density at radius 3 is 2.80 bits per heavy atom. The minimum Gasteiger partial charge on any atom is -0.506 e. The van der Waals surface area contributed by atoms with E-state index >= 15 is 0 Å². The highest BCUT2D eigenvalue weighted by Crippen LogP contribution is 2.32. The Morgan fingerprint density at radius 1 is 1.27 bits per heavy atom. The fourth-order valence-electron chi connectivity index (χ4n) is 1.28. The van der Waals surface area contributed by atoms with Crippen LogP contribution in [-0.2, 0) is 0 Å². The van der Waals surface area contributed by atoms with Crippen molar-refractivity contribution >= 4 is 11.6 Å². The van der Waals surface area contributed by atoms with Gasteiger partial charge in [-0.05, 0) is 30.3 Å². The standard InChI is InChI=1S/C11H7ClFNO/c12-9-4-3-7(13)6-8(9)11-10(15)2-1-5-14-11/h1-6,15H. The number of hydrogen-bond acceptors (Lipinski definition) is 2. The van der Waals surface area contributed by atoms with Crippen molar-refractivity contribution in [3.63, 3.8) is 0 Å². The Bertz CT molecular complexity index is 502. The van der Waals surface area contributed by atoms with Gasteiger partial charge in [-0.1, -0.05) is 11.6 Å². The number of nitrogens with zero attached hydrogens (tertiary/aromatic N) is 1. The summed E-state index contributed by atoms with van der Waals surface area (Å²) in [6.07, 6.45) is 1.51. The van der Waals surface area contributed by atoms with Crippen molar-refractivity contribution in [2.45, 2.75) is 0 Å². The largest absolute Gasteiger partial charge is 0.506 e. The fraction of sp³-hybridized carbons (Fsp3) is 0. The van der Waals surface area contributed by atoms with Crippen molar-refractivity contribution in [2.24, 2.45) is 0 Å². The first-order valence-corrected chi connectivity index (χ1v) is 4.65. The zero-order chi connectivity index (χ0) is 10.8. The summed E-state index contributed by atoms with van der Waals surface area (Å²) in [5.74, 6) is -0.440. The van der Waals surface area contributed by atoms with Gasteiger partial charge >= 0.3 is 0 Å². The summed E-state index contributed by atoms with van der Waals surface area (Å²) in [5.41, 5.74) is 0.664. The molecule has 2 rings (SSSR count). The maximum absolute atomic E-state index is 13.0. The third-order valence-corrected chi connectivity index (χ3v) is 2.30. The Hall–Kier alpha value is -1.61. The lowest BCUT2D eigenvalue weighted by Gasteiger charge is -2.05. The number of benzene rings is 1. The second kappa shape index (κ2) is 3.87. The molecule has 76 valence electrons. The maximum atomic E-state index is 13.0. The van der Waals surface area contributed by atoms with Crippen LogP contribution < -0.4 is 0 Å². The molecule has 0 atom stereocenters. The van der Waals surface area contributed by atoms with Gasteiger partial charge in [0, 0.05) is 11.8 Å². The van der Waals surface area contributed by atoms with Crippen LogP contribution in [0.2, 0.25) is 5.02 Å². The topological polar surface area (TPSA) is 33.1 Å². The molecule has 0 amide bonds. The van der Waals surface area contributed by atoms with E-state index in [0.717, 1.165) is 0 Å². The summed E-state index contributed by atoms with van der Waals surface area (Å²) in [4.78, 5) is 3.95. The van der Waals surface area contributed by atoms with E-state index in [9.17, 15) is 9.50 Å². The lowest BCUT2D eigenvalue weighted by Crippen LogP contribution is -1.86. The lowest BCUT2D eigenvalue weighted by molar-refractivity contribution is 0.475. The minimum atomic E-state index is -0.417. The first-order valence-electron chi connectivity index (χ1n) is 4.28. The van der Waals surface area contributed by atoms with E-state index in [-0.39, 0.29) is 11.4 Å². The van der Waals surface area contributed by atoms with Crippen LogP contribution in [0.25, 0.3) is 11.3 Å². The third-order valence-electron chi connectivity index (χ3n) is 1.97. The first-order chi connectivity index (χ1) is 7.18. The van der Waals surface area contributed by atoms with Crippen molar-refractivity contribution in [2.75, 3.05) is 0 Å². The van der Waals surface area contributed by atoms with Crippen molar-refractivity contribution < 1.29 is 9.50 Å². The van der Waals surface area contributed by atoms with Crippen LogP contribution in [0, 0.1) is 5.82 Å². The molecule has 4 heteroatoms. The molecule has 1 heterocycles. The molecule has 0 bridgehead atoms. The van der Waals surface area contributed by atoms with Gasteiger partial charge < -0.3 is 5.11 Å². The van der Waals surface area contributed by atoms with E-state index in [4.69, 9.17) is 11.6 Å². The summed E-state index contributed by atoms with van der Waals surface area (Å²) in [6.45, 7) is 0. The molecule has 1 N–H and O–H groups in total. The molecule has 0 saturated carbocycles. The second-order valence-electron chi connectivity index (χ2n) is 3.00. The number of halogens is 2. The number of hydrogen-bond donors (Lipinski definition) is 1. The summed E-state index contributed by atoms with van der Waals surface area (Å²) in [6, 6.07) is 6.99. The number of rotatable bonds is 1. The summed E-state index contributed by atoms with van der Waals surface area (Å²) in [7, 11) is 0. The van der Waals surface area contributed by atoms with Crippen molar-refractivity contribution in [3.05, 3.63) is 47.4 Å². The van der Waals surface area contributed by atoms with Crippen LogP contribution in [0.3, 0.4) is 0 Å². The van der Waals surface area contributed by atoms with Gasteiger partial charge in [0.05, 0.1) is 5.02 Å². The molecule has 1 aromatic carbocycles. The molecular formula is C11H7ClFNO. The second-order valence-corrected chi connectivity index (χ2v) is 3.40. The van der Waals surface area contributed by atoms with Crippen LogP contribution in [0.4, 0.5) is 4.39 Å². The highest BCUT2D eigenvalue weighted by molar-refractivity contribution is 6.33. The van der Waals surface area contributed by atoms with Crippen LogP contribution in [0.1, 0.15) is 0 Å². The quantitative estimate of drug-likeness (QED) is 0.805. The normalized spacial score (nSPS) is 10.3. The highest BCUT2D eigenvalue weighted by Gasteiger charge is 2.09. The summed E-state index contributed by atoms with van der Waals surface area (Å²) >= 11 is 5.88. The van der Waals surface area contributed by atoms with E-state index < -0.39 is 5.82 Å². The zero-order valence-corrected chi connectivity index (χ0v) is 8.37. The van der Waals surface area contributed by atoms with Gasteiger partial charge in [-0.3, -0.25) is 4.98 Å².